The minimum absolute atomic E-state index is 0.0642. The highest BCUT2D eigenvalue weighted by Gasteiger charge is 2.13. The van der Waals surface area contributed by atoms with Crippen LogP contribution in [0.2, 0.25) is 0 Å². The van der Waals surface area contributed by atoms with Crippen LogP contribution in [0, 0.1) is 6.92 Å². The zero-order chi connectivity index (χ0) is 18.7. The Bertz CT molecular complexity index is 1020. The van der Waals surface area contributed by atoms with Crippen molar-refractivity contribution < 1.29 is 4.79 Å². The van der Waals surface area contributed by atoms with Gasteiger partial charge in [-0.3, -0.25) is 9.59 Å². The van der Waals surface area contributed by atoms with Gasteiger partial charge in [0.2, 0.25) is 0 Å². The molecule has 0 atom stereocenters. The lowest BCUT2D eigenvalue weighted by molar-refractivity contribution is 0.102. The molecule has 0 saturated heterocycles. The van der Waals surface area contributed by atoms with E-state index in [1.54, 1.807) is 11.8 Å². The van der Waals surface area contributed by atoms with Gasteiger partial charge in [-0.1, -0.05) is 32.0 Å². The molecule has 0 aliphatic rings. The number of aryl methyl sites for hydroxylation is 1. The molecule has 1 amide bonds. The largest absolute Gasteiger partial charge is 0.322 e. The number of nitrogens with one attached hydrogen (secondary N) is 2. The van der Waals surface area contributed by atoms with E-state index in [-0.39, 0.29) is 11.5 Å². The van der Waals surface area contributed by atoms with E-state index in [9.17, 15) is 9.59 Å². The minimum atomic E-state index is -0.148. The highest BCUT2D eigenvalue weighted by atomic mass is 32.2. The molecule has 26 heavy (non-hydrogen) atoms. The van der Waals surface area contributed by atoms with Crippen molar-refractivity contribution in [3.8, 4) is 0 Å². The first-order valence-electron chi connectivity index (χ1n) is 8.73. The minimum Gasteiger partial charge on any atom is -0.322 e. The Morgan fingerprint density at radius 2 is 1.92 bits per heavy atom. The summed E-state index contributed by atoms with van der Waals surface area (Å²) in [5, 5.41) is 3.94. The fourth-order valence-electron chi connectivity index (χ4n) is 3.14. The molecule has 0 spiro atoms. The molecular weight excluding hydrogens is 344 g/mol. The van der Waals surface area contributed by atoms with Gasteiger partial charge in [-0.2, -0.15) is 0 Å². The van der Waals surface area contributed by atoms with Crippen LogP contribution < -0.4 is 10.9 Å². The van der Waals surface area contributed by atoms with Crippen LogP contribution >= 0.6 is 11.8 Å². The fourth-order valence-corrected chi connectivity index (χ4v) is 3.94. The Kier molecular flexibility index (Phi) is 5.47. The van der Waals surface area contributed by atoms with Crippen molar-refractivity contribution in [3.63, 3.8) is 0 Å². The first-order chi connectivity index (χ1) is 12.5. The van der Waals surface area contributed by atoms with E-state index in [4.69, 9.17) is 0 Å². The molecule has 0 aliphatic heterocycles. The summed E-state index contributed by atoms with van der Waals surface area (Å²) in [6.45, 7) is 6.00. The third-order valence-corrected chi connectivity index (χ3v) is 5.40. The Morgan fingerprint density at radius 3 is 2.65 bits per heavy atom. The average molecular weight is 366 g/mol. The Labute approximate surface area is 157 Å². The van der Waals surface area contributed by atoms with E-state index in [1.807, 2.05) is 56.3 Å². The maximum Gasteiger partial charge on any atom is 0.256 e. The molecule has 2 aromatic carbocycles. The number of rotatable bonds is 5. The number of pyridine rings is 1. The van der Waals surface area contributed by atoms with Crippen LogP contribution in [0.3, 0.4) is 0 Å². The quantitative estimate of drug-likeness (QED) is 0.640. The number of benzene rings is 2. The molecule has 3 aromatic rings. The summed E-state index contributed by atoms with van der Waals surface area (Å²) in [6, 6.07) is 13.2. The normalized spacial score (nSPS) is 10.9. The number of aromatic amines is 1. The van der Waals surface area contributed by atoms with Gasteiger partial charge in [0.15, 0.2) is 0 Å². The van der Waals surface area contributed by atoms with Crippen molar-refractivity contribution in [2.24, 2.45) is 0 Å². The third kappa shape index (κ3) is 3.53. The van der Waals surface area contributed by atoms with Crippen LogP contribution in [-0.4, -0.2) is 16.6 Å². The van der Waals surface area contributed by atoms with Crippen molar-refractivity contribution in [2.75, 3.05) is 11.1 Å². The zero-order valence-electron chi connectivity index (χ0n) is 15.2. The SMILES string of the molecule is CCSc1ccccc1C(=O)Nc1ccc2c(C)c(CC)c(=O)[nH]c2c1. The van der Waals surface area contributed by atoms with Gasteiger partial charge in [-0.15, -0.1) is 11.8 Å². The summed E-state index contributed by atoms with van der Waals surface area (Å²) in [4.78, 5) is 28.8. The Hall–Kier alpha value is -2.53. The lowest BCUT2D eigenvalue weighted by atomic mass is 10.0. The van der Waals surface area contributed by atoms with Gasteiger partial charge in [-0.05, 0) is 48.9 Å². The standard InChI is InChI=1S/C21H22N2O2S/c1-4-15-13(3)16-11-10-14(12-18(16)23-20(15)24)22-21(25)17-8-6-7-9-19(17)26-5-2/h6-12H,4-5H2,1-3H3,(H,22,25)(H,23,24). The van der Waals surface area contributed by atoms with Crippen molar-refractivity contribution in [1.29, 1.82) is 0 Å². The van der Waals surface area contributed by atoms with Crippen LogP contribution in [0.25, 0.3) is 10.9 Å². The number of thioether (sulfide) groups is 1. The Balaban J connectivity index is 1.95. The van der Waals surface area contributed by atoms with E-state index >= 15 is 0 Å². The average Bonchev–Trinajstić information content (AvgIpc) is 2.62. The van der Waals surface area contributed by atoms with E-state index in [0.717, 1.165) is 32.7 Å². The number of hydrogen-bond donors (Lipinski definition) is 2. The van der Waals surface area contributed by atoms with E-state index in [2.05, 4.69) is 17.2 Å². The summed E-state index contributed by atoms with van der Waals surface area (Å²) in [5.41, 5.74) is 3.79. The molecule has 0 aliphatic carbocycles. The second-order valence-electron chi connectivity index (χ2n) is 6.05. The van der Waals surface area contributed by atoms with Gasteiger partial charge < -0.3 is 10.3 Å². The smallest absolute Gasteiger partial charge is 0.256 e. The van der Waals surface area contributed by atoms with Crippen molar-refractivity contribution in [3.05, 3.63) is 69.5 Å². The highest BCUT2D eigenvalue weighted by Crippen LogP contribution is 2.25. The number of fused-ring (bicyclic) bond motifs is 1. The van der Waals surface area contributed by atoms with Crippen molar-refractivity contribution in [1.82, 2.24) is 4.98 Å². The molecule has 0 bridgehead atoms. The summed E-state index contributed by atoms with van der Waals surface area (Å²) in [7, 11) is 0. The summed E-state index contributed by atoms with van der Waals surface area (Å²) in [6.07, 6.45) is 0.696. The van der Waals surface area contributed by atoms with Gasteiger partial charge in [0.25, 0.3) is 11.5 Å². The molecule has 5 heteroatoms. The molecule has 0 saturated carbocycles. The molecular formula is C21H22N2O2S. The van der Waals surface area contributed by atoms with E-state index in [0.29, 0.717) is 17.7 Å². The lowest BCUT2D eigenvalue weighted by Crippen LogP contribution is -2.15. The maximum absolute atomic E-state index is 12.7. The third-order valence-electron chi connectivity index (χ3n) is 4.44. The van der Waals surface area contributed by atoms with Gasteiger partial charge in [-0.25, -0.2) is 0 Å². The molecule has 4 nitrogen and oxygen atoms in total. The van der Waals surface area contributed by atoms with Gasteiger partial charge in [0.05, 0.1) is 11.1 Å². The first-order valence-corrected chi connectivity index (χ1v) is 9.72. The zero-order valence-corrected chi connectivity index (χ0v) is 16.0. The van der Waals surface area contributed by atoms with Crippen molar-refractivity contribution in [2.45, 2.75) is 32.1 Å². The monoisotopic (exact) mass is 366 g/mol. The molecule has 3 rings (SSSR count). The van der Waals surface area contributed by atoms with Crippen LogP contribution in [-0.2, 0) is 6.42 Å². The Morgan fingerprint density at radius 1 is 1.15 bits per heavy atom. The number of amides is 1. The number of carbonyl (C=O) groups is 1. The van der Waals surface area contributed by atoms with Crippen LogP contribution in [0.5, 0.6) is 0 Å². The molecule has 134 valence electrons. The predicted octanol–water partition coefficient (Wildman–Crippen LogP) is 4.76. The molecule has 1 aromatic heterocycles. The number of hydrogen-bond acceptors (Lipinski definition) is 3. The molecule has 0 unspecified atom stereocenters. The van der Waals surface area contributed by atoms with Gasteiger partial charge in [0.1, 0.15) is 0 Å². The van der Waals surface area contributed by atoms with Crippen molar-refractivity contribution >= 4 is 34.3 Å². The summed E-state index contributed by atoms with van der Waals surface area (Å²) in [5.74, 6) is 0.755. The summed E-state index contributed by atoms with van der Waals surface area (Å²) < 4.78 is 0. The van der Waals surface area contributed by atoms with Gasteiger partial charge >= 0.3 is 0 Å². The fraction of sp³-hybridized carbons (Fsp3) is 0.238. The first kappa shape index (κ1) is 18.3. The molecule has 0 radical (unpaired) electrons. The molecule has 0 fully saturated rings. The highest BCUT2D eigenvalue weighted by molar-refractivity contribution is 7.99. The van der Waals surface area contributed by atoms with Crippen LogP contribution in [0.1, 0.15) is 35.3 Å². The number of H-pyrrole nitrogens is 1. The maximum atomic E-state index is 12.7. The number of anilines is 1. The second kappa shape index (κ2) is 7.79. The van der Waals surface area contributed by atoms with E-state index in [1.165, 1.54) is 0 Å². The van der Waals surface area contributed by atoms with Crippen LogP contribution in [0.15, 0.2) is 52.2 Å². The topological polar surface area (TPSA) is 62.0 Å². The molecule has 2 N–H and O–H groups in total. The number of aromatic nitrogens is 1. The summed E-state index contributed by atoms with van der Waals surface area (Å²) >= 11 is 1.64. The van der Waals surface area contributed by atoms with Gasteiger partial charge in [0, 0.05) is 21.5 Å². The second-order valence-corrected chi connectivity index (χ2v) is 7.36. The predicted molar refractivity (Wildman–Crippen MR) is 109 cm³/mol. The van der Waals surface area contributed by atoms with E-state index < -0.39 is 0 Å². The molecule has 1 heterocycles. The van der Waals surface area contributed by atoms with Crippen LogP contribution in [0.4, 0.5) is 5.69 Å². The number of carbonyl (C=O) groups excluding carboxylic acids is 1. The lowest BCUT2D eigenvalue weighted by Gasteiger charge is -2.11.